The minimum Gasteiger partial charge on any atom is -0.376 e. The van der Waals surface area contributed by atoms with Crippen molar-refractivity contribution in [3.05, 3.63) is 35.9 Å². The first-order valence-electron chi connectivity index (χ1n) is 9.50. The van der Waals surface area contributed by atoms with E-state index in [2.05, 4.69) is 42.6 Å². The highest BCUT2D eigenvalue weighted by molar-refractivity contribution is 5.78. The zero-order valence-electron chi connectivity index (χ0n) is 14.8. The second-order valence-electron chi connectivity index (χ2n) is 7.42. The fraction of sp³-hybridized carbons (Fsp3) is 0.650. The third kappa shape index (κ3) is 4.81. The van der Waals surface area contributed by atoms with Crippen molar-refractivity contribution in [2.45, 2.75) is 44.6 Å². The van der Waals surface area contributed by atoms with Crippen molar-refractivity contribution < 1.29 is 14.4 Å². The Morgan fingerprint density at radius 1 is 1.25 bits per heavy atom. The Bertz CT molecular complexity index is 506. The Labute approximate surface area is 145 Å². The number of ether oxygens (including phenoxy) is 1. The molecule has 0 aromatic heterocycles. The van der Waals surface area contributed by atoms with Gasteiger partial charge in [-0.15, -0.1) is 0 Å². The van der Waals surface area contributed by atoms with Crippen LogP contribution in [0.1, 0.15) is 44.1 Å². The highest BCUT2D eigenvalue weighted by Crippen LogP contribution is 2.15. The molecule has 0 radical (unpaired) electrons. The third-order valence-electron chi connectivity index (χ3n) is 5.55. The number of amides is 1. The predicted molar refractivity (Wildman–Crippen MR) is 95.1 cm³/mol. The summed E-state index contributed by atoms with van der Waals surface area (Å²) in [6.45, 7) is 7.22. The second-order valence-corrected chi connectivity index (χ2v) is 7.42. The molecule has 24 heavy (non-hydrogen) atoms. The largest absolute Gasteiger partial charge is 0.376 e. The van der Waals surface area contributed by atoms with Crippen molar-refractivity contribution in [1.29, 1.82) is 0 Å². The van der Waals surface area contributed by atoms with Crippen LogP contribution in [-0.4, -0.2) is 44.8 Å². The zero-order chi connectivity index (χ0) is 16.8. The number of likely N-dealkylation sites (tertiary alicyclic amines) is 1. The maximum atomic E-state index is 12.3. The Kier molecular flexibility index (Phi) is 6.27. The molecule has 2 atom stereocenters. The molecule has 2 N–H and O–H groups in total. The fourth-order valence-electron chi connectivity index (χ4n) is 3.99. The quantitative estimate of drug-likeness (QED) is 0.827. The summed E-state index contributed by atoms with van der Waals surface area (Å²) in [7, 11) is 0. The normalized spacial score (nSPS) is 28.5. The van der Waals surface area contributed by atoms with Crippen molar-refractivity contribution in [3.63, 3.8) is 0 Å². The molecule has 1 aromatic rings. The summed E-state index contributed by atoms with van der Waals surface area (Å²) in [6, 6.07) is 10.7. The summed E-state index contributed by atoms with van der Waals surface area (Å²) in [4.78, 5) is 14.0. The smallest absolute Gasteiger partial charge is 0.223 e. The van der Waals surface area contributed by atoms with Gasteiger partial charge in [0.25, 0.3) is 0 Å². The fourth-order valence-corrected chi connectivity index (χ4v) is 3.99. The van der Waals surface area contributed by atoms with E-state index in [4.69, 9.17) is 4.74 Å². The van der Waals surface area contributed by atoms with Gasteiger partial charge in [-0.3, -0.25) is 4.79 Å². The molecule has 0 saturated carbocycles. The summed E-state index contributed by atoms with van der Waals surface area (Å²) in [5, 5.41) is 3.10. The number of hydrogen-bond acceptors (Lipinski definition) is 2. The van der Waals surface area contributed by atoms with Crippen molar-refractivity contribution in [2.75, 3.05) is 32.8 Å². The van der Waals surface area contributed by atoms with Crippen molar-refractivity contribution in [3.8, 4) is 0 Å². The molecule has 0 aliphatic carbocycles. The van der Waals surface area contributed by atoms with Gasteiger partial charge in [0, 0.05) is 37.8 Å². The summed E-state index contributed by atoms with van der Waals surface area (Å²) >= 11 is 0. The van der Waals surface area contributed by atoms with Crippen LogP contribution < -0.4 is 10.2 Å². The van der Waals surface area contributed by atoms with Crippen LogP contribution in [0.2, 0.25) is 0 Å². The van der Waals surface area contributed by atoms with Crippen LogP contribution >= 0.6 is 0 Å². The van der Waals surface area contributed by atoms with Crippen LogP contribution in [0.5, 0.6) is 0 Å². The SMILES string of the molecule is C[C@H](C[NH+]1CCC(C(=O)NC[C@H]2CCCO2)CC1)c1ccccc1. The molecule has 2 aliphatic rings. The molecule has 0 bridgehead atoms. The predicted octanol–water partition coefficient (Wildman–Crippen LogP) is 1.38. The van der Waals surface area contributed by atoms with Crippen molar-refractivity contribution in [2.24, 2.45) is 5.92 Å². The average molecular weight is 331 g/mol. The van der Waals surface area contributed by atoms with Crippen LogP contribution in [-0.2, 0) is 9.53 Å². The molecular weight excluding hydrogens is 300 g/mol. The van der Waals surface area contributed by atoms with Crippen LogP contribution in [0.25, 0.3) is 0 Å². The van der Waals surface area contributed by atoms with Gasteiger partial charge in [0.15, 0.2) is 0 Å². The van der Waals surface area contributed by atoms with E-state index in [9.17, 15) is 4.79 Å². The number of rotatable bonds is 6. The van der Waals surface area contributed by atoms with E-state index in [-0.39, 0.29) is 17.9 Å². The standard InChI is InChI=1S/C20H30N2O2/c1-16(17-6-3-2-4-7-17)15-22-11-9-18(10-12-22)20(23)21-14-19-8-5-13-24-19/h2-4,6-7,16,18-19H,5,8-15H2,1H3,(H,21,23)/p+1/t16-,19-/m1/s1. The van der Waals surface area contributed by atoms with Gasteiger partial charge >= 0.3 is 0 Å². The van der Waals surface area contributed by atoms with E-state index in [0.29, 0.717) is 12.5 Å². The van der Waals surface area contributed by atoms with Gasteiger partial charge in [0.2, 0.25) is 5.91 Å². The van der Waals surface area contributed by atoms with E-state index in [1.807, 2.05) is 0 Å². The molecule has 4 heteroatoms. The molecule has 2 saturated heterocycles. The molecule has 4 nitrogen and oxygen atoms in total. The number of hydrogen-bond donors (Lipinski definition) is 2. The molecule has 132 valence electrons. The van der Waals surface area contributed by atoms with Crippen LogP contribution in [0.15, 0.2) is 30.3 Å². The molecule has 2 heterocycles. The van der Waals surface area contributed by atoms with Gasteiger partial charge in [0.05, 0.1) is 25.7 Å². The van der Waals surface area contributed by atoms with E-state index < -0.39 is 0 Å². The van der Waals surface area contributed by atoms with Gasteiger partial charge < -0.3 is 15.0 Å². The molecule has 2 aliphatic heterocycles. The molecule has 0 spiro atoms. The van der Waals surface area contributed by atoms with Crippen LogP contribution in [0, 0.1) is 5.92 Å². The molecular formula is C20H31N2O2+. The number of benzene rings is 1. The Morgan fingerprint density at radius 3 is 2.67 bits per heavy atom. The number of quaternary nitrogens is 1. The van der Waals surface area contributed by atoms with Crippen LogP contribution in [0.4, 0.5) is 0 Å². The first-order valence-corrected chi connectivity index (χ1v) is 9.50. The van der Waals surface area contributed by atoms with Gasteiger partial charge in [0.1, 0.15) is 0 Å². The van der Waals surface area contributed by atoms with E-state index in [0.717, 1.165) is 51.9 Å². The minimum atomic E-state index is 0.196. The number of piperidine rings is 1. The number of carbonyl (C=O) groups is 1. The van der Waals surface area contributed by atoms with Crippen LogP contribution in [0.3, 0.4) is 0 Å². The third-order valence-corrected chi connectivity index (χ3v) is 5.55. The summed E-state index contributed by atoms with van der Waals surface area (Å²) in [5.74, 6) is 1.01. The van der Waals surface area contributed by atoms with E-state index in [1.54, 1.807) is 4.90 Å². The first kappa shape index (κ1) is 17.4. The molecule has 1 amide bonds. The van der Waals surface area contributed by atoms with Gasteiger partial charge in [-0.2, -0.15) is 0 Å². The molecule has 3 rings (SSSR count). The Balaban J connectivity index is 1.38. The molecule has 1 aromatic carbocycles. The maximum Gasteiger partial charge on any atom is 0.223 e. The lowest BCUT2D eigenvalue weighted by Crippen LogP contribution is -3.13. The maximum absolute atomic E-state index is 12.3. The van der Waals surface area contributed by atoms with Gasteiger partial charge in [-0.05, 0) is 18.4 Å². The van der Waals surface area contributed by atoms with E-state index >= 15 is 0 Å². The average Bonchev–Trinajstić information content (AvgIpc) is 3.14. The number of carbonyl (C=O) groups excluding carboxylic acids is 1. The first-order chi connectivity index (χ1) is 11.7. The van der Waals surface area contributed by atoms with Gasteiger partial charge in [-0.1, -0.05) is 37.3 Å². The number of nitrogens with one attached hydrogen (secondary N) is 2. The zero-order valence-corrected chi connectivity index (χ0v) is 14.8. The lowest BCUT2D eigenvalue weighted by atomic mass is 9.94. The second kappa shape index (κ2) is 8.63. The van der Waals surface area contributed by atoms with Gasteiger partial charge in [-0.25, -0.2) is 0 Å². The Morgan fingerprint density at radius 2 is 2.00 bits per heavy atom. The topological polar surface area (TPSA) is 42.8 Å². The lowest BCUT2D eigenvalue weighted by Gasteiger charge is -2.30. The monoisotopic (exact) mass is 331 g/mol. The highest BCUT2D eigenvalue weighted by atomic mass is 16.5. The van der Waals surface area contributed by atoms with Crippen molar-refractivity contribution >= 4 is 5.91 Å². The highest BCUT2D eigenvalue weighted by Gasteiger charge is 2.29. The summed E-state index contributed by atoms with van der Waals surface area (Å²) in [5.41, 5.74) is 1.42. The minimum absolute atomic E-state index is 0.196. The Hall–Kier alpha value is -1.39. The molecule has 2 fully saturated rings. The summed E-state index contributed by atoms with van der Waals surface area (Å²) < 4.78 is 5.57. The van der Waals surface area contributed by atoms with Crippen molar-refractivity contribution in [1.82, 2.24) is 5.32 Å². The van der Waals surface area contributed by atoms with E-state index in [1.165, 1.54) is 5.56 Å². The molecule has 0 unspecified atom stereocenters. The lowest BCUT2D eigenvalue weighted by molar-refractivity contribution is -0.907. The summed E-state index contributed by atoms with van der Waals surface area (Å²) in [6.07, 6.45) is 4.47.